The molecule has 0 aromatic rings. The molecule has 0 bridgehead atoms. The molecule has 58 heavy (non-hydrogen) atoms. The molecule has 0 aliphatic rings. The minimum absolute atomic E-state index is 0.0888. The topological polar surface area (TPSA) is 61.8 Å². The lowest BCUT2D eigenvalue weighted by Crippen LogP contribution is -2.30. The summed E-state index contributed by atoms with van der Waals surface area (Å²) in [7, 11) is 0. The molecule has 0 radical (unpaired) electrons. The Morgan fingerprint density at radius 1 is 0.379 bits per heavy atom. The van der Waals surface area contributed by atoms with Crippen LogP contribution in [0.3, 0.4) is 0 Å². The summed E-state index contributed by atoms with van der Waals surface area (Å²) in [5, 5.41) is 0. The van der Waals surface area contributed by atoms with Crippen LogP contribution in [0.15, 0.2) is 24.3 Å². The Balaban J connectivity index is 3.96. The number of unbranched alkanes of at least 4 members (excludes halogenated alkanes) is 33. The average Bonchev–Trinajstić information content (AvgIpc) is 3.22. The van der Waals surface area contributed by atoms with Crippen LogP contribution in [0, 0.1) is 0 Å². The summed E-state index contributed by atoms with van der Waals surface area (Å²) < 4.78 is 17.3. The van der Waals surface area contributed by atoms with Crippen molar-refractivity contribution in [1.82, 2.24) is 0 Å². The number of carbonyl (C=O) groups is 2. The second kappa shape index (κ2) is 49.7. The molecule has 5 nitrogen and oxygen atoms in total. The monoisotopic (exact) mass is 817 g/mol. The lowest BCUT2D eigenvalue weighted by Gasteiger charge is -2.18. The molecule has 0 fully saturated rings. The highest BCUT2D eigenvalue weighted by Crippen LogP contribution is 2.16. The molecular formula is C53H100O5. The third-order valence-corrected chi connectivity index (χ3v) is 11.5. The van der Waals surface area contributed by atoms with E-state index in [0.29, 0.717) is 19.4 Å². The maximum atomic E-state index is 12.6. The van der Waals surface area contributed by atoms with Crippen molar-refractivity contribution in [3.63, 3.8) is 0 Å². The standard InChI is InChI=1S/C53H100O5/c1-4-7-10-13-15-17-19-21-23-25-27-28-30-32-34-36-38-41-43-46-52(54)57-50-51(58-53(55)47-44-40-12-9-6-3)49-56-48-45-42-39-37-35-33-31-29-26-24-22-20-18-16-14-11-8-5-2/h16,18,22,24,51H,4-15,17,19-21,23,25-50H2,1-3H3/b18-16-,24-22-. The van der Waals surface area contributed by atoms with Gasteiger partial charge in [0.1, 0.15) is 6.61 Å². The maximum absolute atomic E-state index is 12.6. The molecule has 0 amide bonds. The van der Waals surface area contributed by atoms with Crippen molar-refractivity contribution >= 4 is 11.9 Å². The van der Waals surface area contributed by atoms with Gasteiger partial charge in [0.05, 0.1) is 6.61 Å². The molecule has 5 heteroatoms. The molecule has 0 aromatic carbocycles. The SMILES string of the molecule is CCCCC/C=C\C/C=C\CCCCCCCCCCOCC(COC(=O)CCCCCCCCCCCCCCCCCCCCC)OC(=O)CCCCCCC. The van der Waals surface area contributed by atoms with E-state index in [0.717, 1.165) is 51.4 Å². The van der Waals surface area contributed by atoms with Gasteiger partial charge in [-0.05, 0) is 51.4 Å². The van der Waals surface area contributed by atoms with Gasteiger partial charge in [-0.1, -0.05) is 238 Å². The van der Waals surface area contributed by atoms with Crippen LogP contribution >= 0.6 is 0 Å². The highest BCUT2D eigenvalue weighted by molar-refractivity contribution is 5.70. The van der Waals surface area contributed by atoms with E-state index in [1.807, 2.05) is 0 Å². The summed E-state index contributed by atoms with van der Waals surface area (Å²) in [5.41, 5.74) is 0. The third-order valence-electron chi connectivity index (χ3n) is 11.5. The summed E-state index contributed by atoms with van der Waals surface area (Å²) in [4.78, 5) is 25.1. The molecule has 0 aliphatic heterocycles. The predicted octanol–water partition coefficient (Wildman–Crippen LogP) is 17.2. The van der Waals surface area contributed by atoms with Crippen molar-refractivity contribution in [1.29, 1.82) is 0 Å². The fourth-order valence-corrected chi connectivity index (χ4v) is 7.60. The number of ether oxygens (including phenoxy) is 3. The highest BCUT2D eigenvalue weighted by atomic mass is 16.6. The number of esters is 2. The quantitative estimate of drug-likeness (QED) is 0.0348. The summed E-state index contributed by atoms with van der Waals surface area (Å²) in [5.74, 6) is -0.397. The highest BCUT2D eigenvalue weighted by Gasteiger charge is 2.17. The number of carbonyl (C=O) groups excluding carboxylic acids is 2. The van der Waals surface area contributed by atoms with Crippen LogP contribution in [0.25, 0.3) is 0 Å². The van der Waals surface area contributed by atoms with Gasteiger partial charge in [0.15, 0.2) is 6.10 Å². The maximum Gasteiger partial charge on any atom is 0.306 e. The van der Waals surface area contributed by atoms with Gasteiger partial charge in [-0.15, -0.1) is 0 Å². The van der Waals surface area contributed by atoms with Crippen LogP contribution in [0.4, 0.5) is 0 Å². The summed E-state index contributed by atoms with van der Waals surface area (Å²) >= 11 is 0. The molecule has 0 saturated carbocycles. The van der Waals surface area contributed by atoms with Gasteiger partial charge in [0.25, 0.3) is 0 Å². The lowest BCUT2D eigenvalue weighted by molar-refractivity contribution is -0.163. The summed E-state index contributed by atoms with van der Waals surface area (Å²) in [6.45, 7) is 7.77. The first-order chi connectivity index (χ1) is 28.6. The largest absolute Gasteiger partial charge is 0.462 e. The Bertz CT molecular complexity index is 882. The van der Waals surface area contributed by atoms with Crippen molar-refractivity contribution in [3.8, 4) is 0 Å². The molecule has 0 rings (SSSR count). The molecule has 0 saturated heterocycles. The summed E-state index contributed by atoms with van der Waals surface area (Å²) in [6.07, 6.45) is 57.9. The second-order valence-electron chi connectivity index (χ2n) is 17.4. The molecule has 0 N–H and O–H groups in total. The number of allylic oxidation sites excluding steroid dienone is 4. The Kier molecular flexibility index (Phi) is 48.4. The Hall–Kier alpha value is -1.62. The Morgan fingerprint density at radius 2 is 0.724 bits per heavy atom. The second-order valence-corrected chi connectivity index (χ2v) is 17.4. The molecular weight excluding hydrogens is 717 g/mol. The molecule has 342 valence electrons. The van der Waals surface area contributed by atoms with Crippen molar-refractivity contribution < 1.29 is 23.8 Å². The molecule has 0 aliphatic carbocycles. The number of hydrogen-bond acceptors (Lipinski definition) is 5. The van der Waals surface area contributed by atoms with E-state index in [1.54, 1.807) is 0 Å². The predicted molar refractivity (Wildman–Crippen MR) is 252 cm³/mol. The molecule has 0 heterocycles. The normalized spacial score (nSPS) is 12.3. The first-order valence-corrected chi connectivity index (χ1v) is 25.9. The zero-order chi connectivity index (χ0) is 42.1. The van der Waals surface area contributed by atoms with Crippen molar-refractivity contribution in [2.24, 2.45) is 0 Å². The fourth-order valence-electron chi connectivity index (χ4n) is 7.60. The Labute approximate surface area is 362 Å². The van der Waals surface area contributed by atoms with Crippen LogP contribution in [-0.2, 0) is 23.8 Å². The zero-order valence-corrected chi connectivity index (χ0v) is 39.3. The first kappa shape index (κ1) is 56.4. The van der Waals surface area contributed by atoms with E-state index < -0.39 is 6.10 Å². The third kappa shape index (κ3) is 47.1. The van der Waals surface area contributed by atoms with Gasteiger partial charge in [-0.3, -0.25) is 9.59 Å². The van der Waals surface area contributed by atoms with Crippen LogP contribution in [0.1, 0.15) is 278 Å². The van der Waals surface area contributed by atoms with Crippen molar-refractivity contribution in [2.75, 3.05) is 19.8 Å². The Morgan fingerprint density at radius 3 is 1.17 bits per heavy atom. The van der Waals surface area contributed by atoms with Crippen LogP contribution in [0.2, 0.25) is 0 Å². The molecule has 0 aromatic heterocycles. The van der Waals surface area contributed by atoms with Crippen LogP contribution in [0.5, 0.6) is 0 Å². The smallest absolute Gasteiger partial charge is 0.306 e. The van der Waals surface area contributed by atoms with Gasteiger partial charge in [0, 0.05) is 19.4 Å². The van der Waals surface area contributed by atoms with E-state index in [-0.39, 0.29) is 25.2 Å². The molecule has 0 spiro atoms. The van der Waals surface area contributed by atoms with Gasteiger partial charge >= 0.3 is 11.9 Å². The minimum atomic E-state index is -0.529. The molecule has 1 unspecified atom stereocenters. The van der Waals surface area contributed by atoms with Gasteiger partial charge < -0.3 is 14.2 Å². The van der Waals surface area contributed by atoms with E-state index in [4.69, 9.17) is 14.2 Å². The van der Waals surface area contributed by atoms with Gasteiger partial charge in [-0.2, -0.15) is 0 Å². The van der Waals surface area contributed by atoms with E-state index in [1.165, 1.54) is 193 Å². The van der Waals surface area contributed by atoms with Gasteiger partial charge in [0.2, 0.25) is 0 Å². The van der Waals surface area contributed by atoms with Crippen molar-refractivity contribution in [2.45, 2.75) is 284 Å². The summed E-state index contributed by atoms with van der Waals surface area (Å²) in [6, 6.07) is 0. The lowest BCUT2D eigenvalue weighted by atomic mass is 10.0. The number of hydrogen-bond donors (Lipinski definition) is 0. The zero-order valence-electron chi connectivity index (χ0n) is 39.3. The molecule has 1 atom stereocenters. The van der Waals surface area contributed by atoms with Crippen LogP contribution < -0.4 is 0 Å². The van der Waals surface area contributed by atoms with Crippen LogP contribution in [-0.4, -0.2) is 37.9 Å². The first-order valence-electron chi connectivity index (χ1n) is 25.9. The van der Waals surface area contributed by atoms with E-state index in [2.05, 4.69) is 45.1 Å². The fraction of sp³-hybridized carbons (Fsp3) is 0.887. The van der Waals surface area contributed by atoms with Gasteiger partial charge in [-0.25, -0.2) is 0 Å². The van der Waals surface area contributed by atoms with E-state index >= 15 is 0 Å². The minimum Gasteiger partial charge on any atom is -0.462 e. The number of rotatable bonds is 48. The van der Waals surface area contributed by atoms with Crippen molar-refractivity contribution in [3.05, 3.63) is 24.3 Å². The van der Waals surface area contributed by atoms with E-state index in [9.17, 15) is 9.59 Å². The average molecular weight is 817 g/mol.